The minimum Gasteiger partial charge on any atom is -0.508 e. The number of rotatable bonds is 7. The highest BCUT2D eigenvalue weighted by atomic mass is 16.5. The molecule has 0 saturated carbocycles. The van der Waals surface area contributed by atoms with Gasteiger partial charge in [0.15, 0.2) is 0 Å². The van der Waals surface area contributed by atoms with Crippen molar-refractivity contribution < 1.29 is 23.8 Å². The Bertz CT molecular complexity index is 1030. The zero-order valence-corrected chi connectivity index (χ0v) is 15.9. The number of carbonyl (C=O) groups excluding carboxylic acids is 1. The topological polar surface area (TPSA) is 86.0 Å². The van der Waals surface area contributed by atoms with Crippen molar-refractivity contribution in [2.45, 2.75) is 32.8 Å². The highest BCUT2D eigenvalue weighted by molar-refractivity contribution is 5.83. The molecule has 2 aromatic carbocycles. The highest BCUT2D eigenvalue weighted by Gasteiger charge is 2.12. The summed E-state index contributed by atoms with van der Waals surface area (Å²) in [5.41, 5.74) is 2.01. The molecule has 0 atom stereocenters. The van der Waals surface area contributed by atoms with Gasteiger partial charge in [0.05, 0.1) is 7.11 Å². The lowest BCUT2D eigenvalue weighted by Crippen LogP contribution is -2.08. The predicted octanol–water partition coefficient (Wildman–Crippen LogP) is 3.75. The molecule has 0 saturated heterocycles. The lowest BCUT2D eigenvalue weighted by Gasteiger charge is -2.10. The van der Waals surface area contributed by atoms with E-state index < -0.39 is 5.63 Å². The first-order chi connectivity index (χ1) is 13.5. The summed E-state index contributed by atoms with van der Waals surface area (Å²) in [6, 6.07) is 12.0. The van der Waals surface area contributed by atoms with E-state index in [0.29, 0.717) is 23.8 Å². The molecule has 0 aliphatic carbocycles. The van der Waals surface area contributed by atoms with Crippen LogP contribution >= 0.6 is 0 Å². The first-order valence-corrected chi connectivity index (χ1v) is 9.07. The Morgan fingerprint density at radius 2 is 1.86 bits per heavy atom. The van der Waals surface area contributed by atoms with Gasteiger partial charge in [-0.15, -0.1) is 0 Å². The Kier molecular flexibility index (Phi) is 5.99. The second-order valence-electron chi connectivity index (χ2n) is 6.43. The lowest BCUT2D eigenvalue weighted by molar-refractivity contribution is -0.144. The van der Waals surface area contributed by atoms with Crippen LogP contribution in [0.1, 0.15) is 30.0 Å². The molecule has 6 nitrogen and oxygen atoms in total. The molecule has 0 aliphatic heterocycles. The summed E-state index contributed by atoms with van der Waals surface area (Å²) in [5, 5.41) is 10.6. The van der Waals surface area contributed by atoms with Gasteiger partial charge in [-0.25, -0.2) is 4.79 Å². The minimum atomic E-state index is -0.555. The van der Waals surface area contributed by atoms with Crippen molar-refractivity contribution in [2.75, 3.05) is 7.11 Å². The summed E-state index contributed by atoms with van der Waals surface area (Å²) in [7, 11) is 1.60. The summed E-state index contributed by atoms with van der Waals surface area (Å²) in [5.74, 6) is 0.483. The molecular formula is C22H22O6. The normalized spacial score (nSPS) is 10.8. The third-order valence-corrected chi connectivity index (χ3v) is 4.58. The van der Waals surface area contributed by atoms with Gasteiger partial charge in [0.1, 0.15) is 23.7 Å². The van der Waals surface area contributed by atoms with Gasteiger partial charge in [0.2, 0.25) is 0 Å². The Morgan fingerprint density at radius 1 is 1.11 bits per heavy atom. The number of esters is 1. The number of ether oxygens (including phenoxy) is 2. The summed E-state index contributed by atoms with van der Waals surface area (Å²) in [6.07, 6.45) is 1.41. The number of phenolic OH excluding ortho intramolecular Hbond substituents is 1. The fraction of sp³-hybridized carbons (Fsp3) is 0.273. The van der Waals surface area contributed by atoms with Crippen molar-refractivity contribution >= 4 is 16.9 Å². The van der Waals surface area contributed by atoms with E-state index in [4.69, 9.17) is 13.9 Å². The number of carbonyl (C=O) groups is 1. The second kappa shape index (κ2) is 8.61. The van der Waals surface area contributed by atoms with E-state index in [1.54, 1.807) is 13.2 Å². The maximum atomic E-state index is 12.1. The van der Waals surface area contributed by atoms with Crippen molar-refractivity contribution in [2.24, 2.45) is 0 Å². The quantitative estimate of drug-likeness (QED) is 0.495. The summed E-state index contributed by atoms with van der Waals surface area (Å²) in [6.45, 7) is 1.89. The first-order valence-electron chi connectivity index (χ1n) is 9.07. The Balaban J connectivity index is 1.68. The van der Waals surface area contributed by atoms with Crippen molar-refractivity contribution in [3.63, 3.8) is 0 Å². The summed E-state index contributed by atoms with van der Waals surface area (Å²) in [4.78, 5) is 23.9. The van der Waals surface area contributed by atoms with Gasteiger partial charge in [-0.2, -0.15) is 0 Å². The number of hydrogen-bond donors (Lipinski definition) is 1. The average molecular weight is 382 g/mol. The number of aromatic hydroxyl groups is 1. The number of benzene rings is 2. The largest absolute Gasteiger partial charge is 0.508 e. The fourth-order valence-electron chi connectivity index (χ4n) is 2.98. The maximum Gasteiger partial charge on any atom is 0.336 e. The number of fused-ring (bicyclic) bond motifs is 1. The number of phenols is 1. The molecule has 1 heterocycles. The van der Waals surface area contributed by atoms with Crippen molar-refractivity contribution in [3.8, 4) is 11.5 Å². The zero-order chi connectivity index (χ0) is 20.1. The van der Waals surface area contributed by atoms with E-state index in [2.05, 4.69) is 0 Å². The van der Waals surface area contributed by atoms with Crippen LogP contribution in [0.15, 0.2) is 51.7 Å². The van der Waals surface area contributed by atoms with Gasteiger partial charge in [-0.3, -0.25) is 4.79 Å². The zero-order valence-electron chi connectivity index (χ0n) is 15.9. The second-order valence-corrected chi connectivity index (χ2v) is 6.43. The summed E-state index contributed by atoms with van der Waals surface area (Å²) < 4.78 is 15.6. The molecule has 1 aromatic heterocycles. The fourth-order valence-corrected chi connectivity index (χ4v) is 2.98. The maximum absolute atomic E-state index is 12.1. The Hall–Kier alpha value is -3.28. The van der Waals surface area contributed by atoms with Gasteiger partial charge < -0.3 is 19.0 Å². The van der Waals surface area contributed by atoms with Crippen LogP contribution in [0.5, 0.6) is 11.5 Å². The Morgan fingerprint density at radius 3 is 2.54 bits per heavy atom. The first kappa shape index (κ1) is 19.5. The molecule has 0 radical (unpaired) electrons. The monoisotopic (exact) mass is 382 g/mol. The number of aryl methyl sites for hydroxylation is 2. The molecule has 0 spiro atoms. The van der Waals surface area contributed by atoms with Crippen LogP contribution in [-0.2, 0) is 29.0 Å². The molecular weight excluding hydrogens is 360 g/mol. The molecule has 3 aromatic rings. The van der Waals surface area contributed by atoms with Crippen molar-refractivity contribution in [3.05, 3.63) is 69.6 Å². The standard InChI is InChI=1S/C22H22O6/c1-3-15-10-18-16(11-22(25)28-20(18)12-19(15)23)13-27-21(24)9-6-14-4-7-17(26-2)8-5-14/h4-5,7-8,10-12,23H,3,6,9,13H2,1-2H3. The average Bonchev–Trinajstić information content (AvgIpc) is 2.70. The van der Waals surface area contributed by atoms with Crippen molar-refractivity contribution in [1.29, 1.82) is 0 Å². The molecule has 0 amide bonds. The van der Waals surface area contributed by atoms with Gasteiger partial charge in [0.25, 0.3) is 0 Å². The predicted molar refractivity (Wildman–Crippen MR) is 105 cm³/mol. The van der Waals surface area contributed by atoms with E-state index in [1.807, 2.05) is 31.2 Å². The molecule has 6 heteroatoms. The van der Waals surface area contributed by atoms with E-state index in [1.165, 1.54) is 12.1 Å². The van der Waals surface area contributed by atoms with Crippen LogP contribution in [-0.4, -0.2) is 18.2 Å². The van der Waals surface area contributed by atoms with Gasteiger partial charge in [0, 0.05) is 29.5 Å². The van der Waals surface area contributed by atoms with Crippen LogP contribution in [0.3, 0.4) is 0 Å². The lowest BCUT2D eigenvalue weighted by atomic mass is 10.0. The van der Waals surface area contributed by atoms with Crippen LogP contribution in [0, 0.1) is 0 Å². The Labute approximate surface area is 162 Å². The molecule has 0 fully saturated rings. The van der Waals surface area contributed by atoms with Crippen LogP contribution in [0.4, 0.5) is 0 Å². The minimum absolute atomic E-state index is 0.0303. The van der Waals surface area contributed by atoms with Gasteiger partial charge in [-0.05, 0) is 42.2 Å². The third kappa shape index (κ3) is 4.52. The third-order valence-electron chi connectivity index (χ3n) is 4.58. The molecule has 0 aliphatic rings. The molecule has 146 valence electrons. The van der Waals surface area contributed by atoms with Crippen LogP contribution in [0.25, 0.3) is 11.0 Å². The molecule has 1 N–H and O–H groups in total. The van der Waals surface area contributed by atoms with E-state index >= 15 is 0 Å². The molecule has 28 heavy (non-hydrogen) atoms. The smallest absolute Gasteiger partial charge is 0.336 e. The van der Waals surface area contributed by atoms with E-state index in [9.17, 15) is 14.7 Å². The SMILES string of the molecule is CCc1cc2c(COC(=O)CCc3ccc(OC)cc3)cc(=O)oc2cc1O. The molecule has 3 rings (SSSR count). The van der Waals surface area contributed by atoms with Crippen LogP contribution < -0.4 is 10.4 Å². The van der Waals surface area contributed by atoms with E-state index in [-0.39, 0.29) is 30.3 Å². The number of methoxy groups -OCH3 is 1. The van der Waals surface area contributed by atoms with Crippen LogP contribution in [0.2, 0.25) is 0 Å². The summed E-state index contributed by atoms with van der Waals surface area (Å²) >= 11 is 0. The number of hydrogen-bond acceptors (Lipinski definition) is 6. The van der Waals surface area contributed by atoms with Crippen molar-refractivity contribution in [1.82, 2.24) is 0 Å². The van der Waals surface area contributed by atoms with Gasteiger partial charge in [-0.1, -0.05) is 19.1 Å². The van der Waals surface area contributed by atoms with Gasteiger partial charge >= 0.3 is 11.6 Å². The highest BCUT2D eigenvalue weighted by Crippen LogP contribution is 2.27. The molecule has 0 bridgehead atoms. The van der Waals surface area contributed by atoms with E-state index in [0.717, 1.165) is 16.9 Å². The molecule has 0 unspecified atom stereocenters.